The van der Waals surface area contributed by atoms with Crippen molar-refractivity contribution >= 4 is 44.8 Å². The van der Waals surface area contributed by atoms with Gasteiger partial charge in [-0.25, -0.2) is 4.39 Å². The van der Waals surface area contributed by atoms with E-state index in [1.165, 1.54) is 23.5 Å². The number of halogens is 1. The van der Waals surface area contributed by atoms with E-state index in [1.807, 2.05) is 11.8 Å². The number of hydrogen-bond donors (Lipinski definition) is 2. The molecule has 1 fully saturated rings. The zero-order chi connectivity index (χ0) is 14.1. The van der Waals surface area contributed by atoms with E-state index < -0.39 is 0 Å². The van der Waals surface area contributed by atoms with Gasteiger partial charge in [0.25, 0.3) is 5.91 Å². The molecular formula is C14H15FN2OS2. The summed E-state index contributed by atoms with van der Waals surface area (Å²) in [6, 6.07) is 4.65. The molecule has 0 aliphatic carbocycles. The van der Waals surface area contributed by atoms with Crippen molar-refractivity contribution < 1.29 is 9.18 Å². The van der Waals surface area contributed by atoms with Gasteiger partial charge in [-0.1, -0.05) is 0 Å². The van der Waals surface area contributed by atoms with Crippen LogP contribution in [0.5, 0.6) is 0 Å². The Bertz CT molecular complexity index is 650. The summed E-state index contributed by atoms with van der Waals surface area (Å²) >= 11 is 3.18. The Morgan fingerprint density at radius 1 is 1.45 bits per heavy atom. The molecule has 20 heavy (non-hydrogen) atoms. The van der Waals surface area contributed by atoms with E-state index in [9.17, 15) is 9.18 Å². The number of nitrogens with two attached hydrogens (primary N) is 1. The minimum absolute atomic E-state index is 0.142. The number of rotatable bonds is 2. The number of nitrogens with one attached hydrogen (secondary N) is 1. The standard InChI is InChI=1S/C14H15FN2OS2/c15-8-3-4-11-10(6-8)12(16)13(20-11)14(18)17-9-2-1-5-19-7-9/h3-4,6,9H,1-2,5,7,16H2,(H,17,18). The third-order valence-corrected chi connectivity index (χ3v) is 5.79. The second-order valence-corrected chi connectivity index (χ2v) is 7.07. The zero-order valence-corrected chi connectivity index (χ0v) is 12.5. The minimum atomic E-state index is -0.336. The highest BCUT2D eigenvalue weighted by Gasteiger charge is 2.21. The zero-order valence-electron chi connectivity index (χ0n) is 10.8. The first kappa shape index (κ1) is 13.7. The van der Waals surface area contributed by atoms with Crippen molar-refractivity contribution in [1.82, 2.24) is 5.32 Å². The number of carbonyl (C=O) groups excluding carboxylic acids is 1. The number of benzene rings is 1. The van der Waals surface area contributed by atoms with Crippen LogP contribution < -0.4 is 11.1 Å². The average Bonchev–Trinajstić information content (AvgIpc) is 2.77. The number of thioether (sulfide) groups is 1. The van der Waals surface area contributed by atoms with Crippen molar-refractivity contribution in [2.45, 2.75) is 18.9 Å². The summed E-state index contributed by atoms with van der Waals surface area (Å²) in [6.07, 6.45) is 2.14. The van der Waals surface area contributed by atoms with Crippen molar-refractivity contribution in [2.75, 3.05) is 17.2 Å². The molecule has 1 unspecified atom stereocenters. The van der Waals surface area contributed by atoms with Crippen LogP contribution in [0.1, 0.15) is 22.5 Å². The smallest absolute Gasteiger partial charge is 0.263 e. The Kier molecular flexibility index (Phi) is 3.85. The summed E-state index contributed by atoms with van der Waals surface area (Å²) in [6.45, 7) is 0. The Morgan fingerprint density at radius 2 is 2.30 bits per heavy atom. The van der Waals surface area contributed by atoms with Gasteiger partial charge in [-0.3, -0.25) is 4.79 Å². The quantitative estimate of drug-likeness (QED) is 0.895. The number of anilines is 1. The molecule has 0 bridgehead atoms. The monoisotopic (exact) mass is 310 g/mol. The van der Waals surface area contributed by atoms with Gasteiger partial charge in [-0.2, -0.15) is 11.8 Å². The van der Waals surface area contributed by atoms with Crippen LogP contribution in [0, 0.1) is 5.82 Å². The van der Waals surface area contributed by atoms with Gasteiger partial charge in [-0.05, 0) is 36.8 Å². The molecular weight excluding hydrogens is 295 g/mol. The minimum Gasteiger partial charge on any atom is -0.397 e. The highest BCUT2D eigenvalue weighted by atomic mass is 32.2. The van der Waals surface area contributed by atoms with E-state index >= 15 is 0 Å². The second kappa shape index (κ2) is 5.61. The van der Waals surface area contributed by atoms with Crippen LogP contribution in [0.4, 0.5) is 10.1 Å². The molecule has 1 aliphatic rings. The molecule has 1 saturated heterocycles. The van der Waals surface area contributed by atoms with Crippen molar-refractivity contribution in [3.63, 3.8) is 0 Å². The molecule has 1 amide bonds. The van der Waals surface area contributed by atoms with Gasteiger partial charge in [0.15, 0.2) is 0 Å². The molecule has 1 aromatic carbocycles. The third-order valence-electron chi connectivity index (χ3n) is 3.39. The van der Waals surface area contributed by atoms with Crippen LogP contribution in [-0.4, -0.2) is 23.5 Å². The van der Waals surface area contributed by atoms with Crippen LogP contribution >= 0.6 is 23.1 Å². The molecule has 3 nitrogen and oxygen atoms in total. The first-order valence-electron chi connectivity index (χ1n) is 6.51. The molecule has 106 valence electrons. The Hall–Kier alpha value is -1.27. The van der Waals surface area contributed by atoms with E-state index in [-0.39, 0.29) is 17.8 Å². The van der Waals surface area contributed by atoms with Crippen LogP contribution in [0.15, 0.2) is 18.2 Å². The molecule has 0 saturated carbocycles. The molecule has 2 heterocycles. The number of thiophene rings is 1. The Balaban J connectivity index is 1.85. The van der Waals surface area contributed by atoms with E-state index in [1.54, 1.807) is 6.07 Å². The van der Waals surface area contributed by atoms with Crippen LogP contribution in [0.25, 0.3) is 10.1 Å². The summed E-state index contributed by atoms with van der Waals surface area (Å²) < 4.78 is 14.1. The van der Waals surface area contributed by atoms with Gasteiger partial charge in [0.2, 0.25) is 0 Å². The summed E-state index contributed by atoms with van der Waals surface area (Å²) in [5, 5.41) is 3.65. The van der Waals surface area contributed by atoms with E-state index in [4.69, 9.17) is 5.73 Å². The average molecular weight is 310 g/mol. The predicted octanol–water partition coefficient (Wildman–Crippen LogP) is 3.25. The van der Waals surface area contributed by atoms with Crippen LogP contribution in [0.3, 0.4) is 0 Å². The fraction of sp³-hybridized carbons (Fsp3) is 0.357. The molecule has 1 aliphatic heterocycles. The normalized spacial score (nSPS) is 19.1. The lowest BCUT2D eigenvalue weighted by Gasteiger charge is -2.22. The van der Waals surface area contributed by atoms with Gasteiger partial charge in [0, 0.05) is 21.9 Å². The van der Waals surface area contributed by atoms with Crippen molar-refractivity contribution in [1.29, 1.82) is 0 Å². The van der Waals surface area contributed by atoms with Crippen LogP contribution in [-0.2, 0) is 0 Å². The summed E-state index contributed by atoms with van der Waals surface area (Å²) in [4.78, 5) is 12.8. The fourth-order valence-corrected chi connectivity index (χ4v) is 4.44. The maximum atomic E-state index is 13.2. The number of hydrogen-bond acceptors (Lipinski definition) is 4. The van der Waals surface area contributed by atoms with Gasteiger partial charge in [0.05, 0.1) is 5.69 Å². The molecule has 6 heteroatoms. The van der Waals surface area contributed by atoms with E-state index in [2.05, 4.69) is 5.32 Å². The largest absolute Gasteiger partial charge is 0.397 e. The number of carbonyl (C=O) groups is 1. The lowest BCUT2D eigenvalue weighted by Crippen LogP contribution is -2.38. The van der Waals surface area contributed by atoms with Crippen LogP contribution in [0.2, 0.25) is 0 Å². The topological polar surface area (TPSA) is 55.1 Å². The Labute approximate surface area is 124 Å². The molecule has 2 aromatic rings. The maximum absolute atomic E-state index is 13.2. The summed E-state index contributed by atoms with van der Waals surface area (Å²) in [5.41, 5.74) is 6.37. The van der Waals surface area contributed by atoms with E-state index in [0.717, 1.165) is 29.0 Å². The summed E-state index contributed by atoms with van der Waals surface area (Å²) in [7, 11) is 0. The molecule has 1 atom stereocenters. The Morgan fingerprint density at radius 3 is 3.05 bits per heavy atom. The highest BCUT2D eigenvalue weighted by molar-refractivity contribution is 7.99. The number of nitrogen functional groups attached to an aromatic ring is 1. The second-order valence-electron chi connectivity index (χ2n) is 4.87. The number of fused-ring (bicyclic) bond motifs is 1. The molecule has 0 spiro atoms. The van der Waals surface area contributed by atoms with Gasteiger partial charge >= 0.3 is 0 Å². The van der Waals surface area contributed by atoms with Gasteiger partial charge in [-0.15, -0.1) is 11.3 Å². The molecule has 3 N–H and O–H groups in total. The van der Waals surface area contributed by atoms with Crippen molar-refractivity contribution in [3.05, 3.63) is 28.9 Å². The highest BCUT2D eigenvalue weighted by Crippen LogP contribution is 2.34. The first-order chi connectivity index (χ1) is 9.65. The molecule has 1 aromatic heterocycles. The fourth-order valence-electron chi connectivity index (χ4n) is 2.36. The lowest BCUT2D eigenvalue weighted by atomic mass is 10.1. The number of amides is 1. The van der Waals surface area contributed by atoms with Gasteiger partial charge < -0.3 is 11.1 Å². The van der Waals surface area contributed by atoms with Crippen molar-refractivity contribution in [2.24, 2.45) is 0 Å². The first-order valence-corrected chi connectivity index (χ1v) is 8.48. The lowest BCUT2D eigenvalue weighted by molar-refractivity contribution is 0.0943. The molecule has 0 radical (unpaired) electrons. The van der Waals surface area contributed by atoms with E-state index in [0.29, 0.717) is 16.0 Å². The van der Waals surface area contributed by atoms with Gasteiger partial charge in [0.1, 0.15) is 10.7 Å². The summed E-state index contributed by atoms with van der Waals surface area (Å²) in [5.74, 6) is 1.64. The third kappa shape index (κ3) is 2.62. The maximum Gasteiger partial charge on any atom is 0.263 e. The SMILES string of the molecule is Nc1c(C(=O)NC2CCCSC2)sc2ccc(F)cc12. The molecule has 3 rings (SSSR count). The van der Waals surface area contributed by atoms with Crippen molar-refractivity contribution in [3.8, 4) is 0 Å². The predicted molar refractivity (Wildman–Crippen MR) is 84.0 cm³/mol.